The average Bonchev–Trinajstić information content (AvgIpc) is 3.11. The number of carbonyl (C=O) groups is 1. The van der Waals surface area contributed by atoms with E-state index < -0.39 is 0 Å². The topological polar surface area (TPSA) is 80.5 Å². The number of aryl methyl sites for hydroxylation is 1. The van der Waals surface area contributed by atoms with Crippen molar-refractivity contribution in [2.24, 2.45) is 0 Å². The van der Waals surface area contributed by atoms with E-state index in [1.54, 1.807) is 0 Å². The van der Waals surface area contributed by atoms with E-state index in [0.29, 0.717) is 12.5 Å². The lowest BCUT2D eigenvalue weighted by Gasteiger charge is -2.36. The zero-order chi connectivity index (χ0) is 16.4. The number of anilines is 1. The van der Waals surface area contributed by atoms with Crippen LogP contribution >= 0.6 is 11.3 Å². The molecule has 3 rings (SSSR count). The molecule has 0 radical (unpaired) electrons. The van der Waals surface area contributed by atoms with Crippen molar-refractivity contribution >= 4 is 23.3 Å². The van der Waals surface area contributed by atoms with E-state index in [1.165, 1.54) is 11.3 Å². The highest BCUT2D eigenvalue weighted by Gasteiger charge is 2.25. The van der Waals surface area contributed by atoms with Gasteiger partial charge >= 0.3 is 6.01 Å². The lowest BCUT2D eigenvalue weighted by molar-refractivity contribution is -0.121. The van der Waals surface area contributed by atoms with Crippen molar-refractivity contribution in [3.63, 3.8) is 0 Å². The highest BCUT2D eigenvalue weighted by atomic mass is 32.1. The lowest BCUT2D eigenvalue weighted by atomic mass is 10.2. The van der Waals surface area contributed by atoms with Gasteiger partial charge in [0.15, 0.2) is 0 Å². The molecule has 7 nitrogen and oxygen atoms in total. The standard InChI is InChI=1S/C15H20N4O3S/c1-9-4-5-23-13(9)14-17-18-15(22-14)16-12(20)7-19-6-11(3)21-8-10(19)2/h4-5,10-11H,6-8H2,1-3H3,(H,16,18,20)/t10-,11-/m1/s1. The molecule has 1 N–H and O–H groups in total. The number of aromatic nitrogens is 2. The van der Waals surface area contributed by atoms with E-state index in [2.05, 4.69) is 20.4 Å². The largest absolute Gasteiger partial charge is 0.402 e. The molecule has 1 saturated heterocycles. The molecule has 0 bridgehead atoms. The number of carbonyl (C=O) groups excluding carboxylic acids is 1. The minimum absolute atomic E-state index is 0.131. The molecule has 0 saturated carbocycles. The molecule has 8 heteroatoms. The molecule has 3 heterocycles. The molecule has 1 aliphatic heterocycles. The van der Waals surface area contributed by atoms with Crippen LogP contribution in [0.1, 0.15) is 19.4 Å². The van der Waals surface area contributed by atoms with E-state index in [1.807, 2.05) is 32.2 Å². The number of nitrogens with zero attached hydrogens (tertiary/aromatic N) is 3. The zero-order valence-electron chi connectivity index (χ0n) is 13.4. The summed E-state index contributed by atoms with van der Waals surface area (Å²) < 4.78 is 11.1. The van der Waals surface area contributed by atoms with Crippen LogP contribution in [-0.4, -0.2) is 52.8 Å². The third kappa shape index (κ3) is 3.77. The third-order valence-corrected chi connectivity index (χ3v) is 4.82. The molecule has 0 aromatic carbocycles. The number of amides is 1. The minimum atomic E-state index is -0.163. The predicted octanol–water partition coefficient (Wildman–Crippen LogP) is 2.15. The van der Waals surface area contributed by atoms with E-state index in [-0.39, 0.29) is 30.6 Å². The van der Waals surface area contributed by atoms with E-state index in [9.17, 15) is 4.79 Å². The number of thiophene rings is 1. The molecular weight excluding hydrogens is 316 g/mol. The molecule has 1 fully saturated rings. The molecule has 2 aromatic rings. The maximum Gasteiger partial charge on any atom is 0.322 e. The minimum Gasteiger partial charge on any atom is -0.402 e. The van der Waals surface area contributed by atoms with E-state index in [4.69, 9.17) is 9.15 Å². The summed E-state index contributed by atoms with van der Waals surface area (Å²) in [6, 6.07) is 2.33. The van der Waals surface area contributed by atoms with Gasteiger partial charge in [-0.1, -0.05) is 5.10 Å². The van der Waals surface area contributed by atoms with Gasteiger partial charge in [0.2, 0.25) is 5.91 Å². The van der Waals surface area contributed by atoms with Crippen LogP contribution in [0.4, 0.5) is 6.01 Å². The highest BCUT2D eigenvalue weighted by Crippen LogP contribution is 2.28. The summed E-state index contributed by atoms with van der Waals surface area (Å²) in [5.41, 5.74) is 1.08. The molecule has 2 aromatic heterocycles. The second-order valence-electron chi connectivity index (χ2n) is 5.82. The Labute approximate surface area is 138 Å². The van der Waals surface area contributed by atoms with Gasteiger partial charge in [-0.05, 0) is 37.8 Å². The van der Waals surface area contributed by atoms with Gasteiger partial charge in [-0.2, -0.15) is 0 Å². The predicted molar refractivity (Wildman–Crippen MR) is 87.4 cm³/mol. The van der Waals surface area contributed by atoms with Gasteiger partial charge in [-0.3, -0.25) is 15.0 Å². The first-order valence-corrected chi connectivity index (χ1v) is 8.44. The summed E-state index contributed by atoms with van der Waals surface area (Å²) in [6.45, 7) is 7.68. The summed E-state index contributed by atoms with van der Waals surface area (Å²) >= 11 is 1.53. The van der Waals surface area contributed by atoms with Gasteiger partial charge in [0.25, 0.3) is 5.89 Å². The molecule has 1 aliphatic rings. The Morgan fingerprint density at radius 2 is 2.30 bits per heavy atom. The van der Waals surface area contributed by atoms with Gasteiger partial charge in [0.05, 0.1) is 24.1 Å². The molecule has 0 aliphatic carbocycles. The molecule has 0 unspecified atom stereocenters. The summed E-state index contributed by atoms with van der Waals surface area (Å²) in [7, 11) is 0. The fourth-order valence-corrected chi connectivity index (χ4v) is 3.34. The monoisotopic (exact) mass is 336 g/mol. The quantitative estimate of drug-likeness (QED) is 0.921. The molecule has 23 heavy (non-hydrogen) atoms. The van der Waals surface area contributed by atoms with Crippen LogP contribution in [-0.2, 0) is 9.53 Å². The normalized spacial score (nSPS) is 22.2. The maximum atomic E-state index is 12.2. The van der Waals surface area contributed by atoms with Crippen molar-refractivity contribution in [2.45, 2.75) is 32.9 Å². The fraction of sp³-hybridized carbons (Fsp3) is 0.533. The Balaban J connectivity index is 1.60. The van der Waals surface area contributed by atoms with Gasteiger partial charge in [-0.25, -0.2) is 0 Å². The molecule has 0 spiro atoms. The first-order valence-electron chi connectivity index (χ1n) is 7.56. The Hall–Kier alpha value is -1.77. The second-order valence-corrected chi connectivity index (χ2v) is 6.73. The van der Waals surface area contributed by atoms with Crippen molar-refractivity contribution in [1.82, 2.24) is 15.1 Å². The Morgan fingerprint density at radius 1 is 1.48 bits per heavy atom. The summed E-state index contributed by atoms with van der Waals surface area (Å²) in [4.78, 5) is 15.2. The first kappa shape index (κ1) is 16.1. The van der Waals surface area contributed by atoms with Gasteiger partial charge in [0, 0.05) is 12.6 Å². The van der Waals surface area contributed by atoms with Gasteiger partial charge in [-0.15, -0.1) is 16.4 Å². The van der Waals surface area contributed by atoms with Crippen LogP contribution in [0.5, 0.6) is 0 Å². The number of hydrogen-bond acceptors (Lipinski definition) is 7. The van der Waals surface area contributed by atoms with Crippen LogP contribution in [0.3, 0.4) is 0 Å². The summed E-state index contributed by atoms with van der Waals surface area (Å²) in [5, 5.41) is 12.5. The SMILES string of the molecule is Cc1ccsc1-c1nnc(NC(=O)CN2C[C@@H](C)OC[C@H]2C)o1. The number of morpholine rings is 1. The van der Waals surface area contributed by atoms with E-state index >= 15 is 0 Å². The summed E-state index contributed by atoms with van der Waals surface area (Å²) in [5.74, 6) is 0.269. The zero-order valence-corrected chi connectivity index (χ0v) is 14.2. The fourth-order valence-electron chi connectivity index (χ4n) is 2.49. The van der Waals surface area contributed by atoms with Crippen LogP contribution in [0.25, 0.3) is 10.8 Å². The molecular formula is C15H20N4O3S. The number of rotatable bonds is 4. The number of ether oxygens (including phenoxy) is 1. The van der Waals surface area contributed by atoms with Crippen LogP contribution in [0, 0.1) is 6.92 Å². The van der Waals surface area contributed by atoms with Crippen molar-refractivity contribution in [1.29, 1.82) is 0 Å². The van der Waals surface area contributed by atoms with Crippen molar-refractivity contribution in [3.05, 3.63) is 17.0 Å². The summed E-state index contributed by atoms with van der Waals surface area (Å²) in [6.07, 6.45) is 0.135. The molecule has 2 atom stereocenters. The molecule has 1 amide bonds. The number of nitrogens with one attached hydrogen (secondary N) is 1. The lowest BCUT2D eigenvalue weighted by Crippen LogP contribution is -2.50. The Bertz CT molecular complexity index is 684. The third-order valence-electron chi connectivity index (χ3n) is 3.81. The first-order chi connectivity index (χ1) is 11.0. The smallest absolute Gasteiger partial charge is 0.322 e. The van der Waals surface area contributed by atoms with Crippen LogP contribution in [0.15, 0.2) is 15.9 Å². The Kier molecular flexibility index (Phi) is 4.74. The van der Waals surface area contributed by atoms with Crippen LogP contribution in [0.2, 0.25) is 0 Å². The van der Waals surface area contributed by atoms with Gasteiger partial charge in [0.1, 0.15) is 0 Å². The van der Waals surface area contributed by atoms with Crippen LogP contribution < -0.4 is 5.32 Å². The van der Waals surface area contributed by atoms with Crippen molar-refractivity contribution in [2.75, 3.05) is 25.0 Å². The number of hydrogen-bond donors (Lipinski definition) is 1. The Morgan fingerprint density at radius 3 is 3.04 bits per heavy atom. The van der Waals surface area contributed by atoms with Gasteiger partial charge < -0.3 is 9.15 Å². The second kappa shape index (κ2) is 6.77. The van der Waals surface area contributed by atoms with Crippen molar-refractivity contribution < 1.29 is 13.9 Å². The average molecular weight is 336 g/mol. The maximum absolute atomic E-state index is 12.2. The highest BCUT2D eigenvalue weighted by molar-refractivity contribution is 7.13. The van der Waals surface area contributed by atoms with Crippen molar-refractivity contribution in [3.8, 4) is 10.8 Å². The molecule has 124 valence electrons. The van der Waals surface area contributed by atoms with E-state index in [0.717, 1.165) is 17.0 Å².